The third-order valence-electron chi connectivity index (χ3n) is 3.91. The number of para-hydroxylation sites is 1. The third kappa shape index (κ3) is 3.80. The van der Waals surface area contributed by atoms with Crippen LogP contribution in [0.3, 0.4) is 0 Å². The van der Waals surface area contributed by atoms with Crippen LogP contribution < -0.4 is 16.0 Å². The minimum absolute atomic E-state index is 0.328. The van der Waals surface area contributed by atoms with E-state index in [2.05, 4.69) is 16.0 Å². The van der Waals surface area contributed by atoms with Gasteiger partial charge in [0.25, 0.3) is 5.91 Å². The Balaban J connectivity index is 2.00. The maximum atomic E-state index is 12.9. The van der Waals surface area contributed by atoms with E-state index in [4.69, 9.17) is 34.8 Å². The molecule has 0 spiro atoms. The van der Waals surface area contributed by atoms with Gasteiger partial charge in [0.05, 0.1) is 22.3 Å². The number of anilines is 1. The lowest BCUT2D eigenvalue weighted by Gasteiger charge is -2.29. The van der Waals surface area contributed by atoms with E-state index in [-0.39, 0.29) is 0 Å². The van der Waals surface area contributed by atoms with E-state index >= 15 is 0 Å². The molecule has 0 aliphatic carbocycles. The van der Waals surface area contributed by atoms with Gasteiger partial charge in [0, 0.05) is 15.7 Å². The number of allylic oxidation sites excluding steroid dienone is 1. The number of benzene rings is 2. The Morgan fingerprint density at radius 3 is 2.50 bits per heavy atom. The molecule has 134 valence electrons. The van der Waals surface area contributed by atoms with E-state index in [1.165, 1.54) is 0 Å². The fourth-order valence-corrected chi connectivity index (χ4v) is 3.42. The van der Waals surface area contributed by atoms with E-state index in [9.17, 15) is 9.59 Å². The quantitative estimate of drug-likeness (QED) is 0.672. The van der Waals surface area contributed by atoms with Gasteiger partial charge in [-0.2, -0.15) is 0 Å². The number of carbonyl (C=O) groups is 2. The van der Waals surface area contributed by atoms with Crippen LogP contribution in [0.5, 0.6) is 0 Å². The van der Waals surface area contributed by atoms with E-state index in [1.807, 2.05) is 0 Å². The second kappa shape index (κ2) is 7.58. The summed E-state index contributed by atoms with van der Waals surface area (Å²) in [4.78, 5) is 24.8. The van der Waals surface area contributed by atoms with Gasteiger partial charge in [0.1, 0.15) is 0 Å². The van der Waals surface area contributed by atoms with Gasteiger partial charge in [-0.05, 0) is 36.8 Å². The molecular weight excluding hydrogens is 397 g/mol. The highest BCUT2D eigenvalue weighted by Gasteiger charge is 2.32. The number of amides is 3. The minimum atomic E-state index is -0.726. The second-order valence-electron chi connectivity index (χ2n) is 5.67. The fraction of sp³-hybridized carbons (Fsp3) is 0.111. The monoisotopic (exact) mass is 409 g/mol. The van der Waals surface area contributed by atoms with E-state index in [0.717, 1.165) is 0 Å². The van der Waals surface area contributed by atoms with E-state index < -0.39 is 18.0 Å². The molecule has 2 aromatic rings. The summed E-state index contributed by atoms with van der Waals surface area (Å²) < 4.78 is 0. The molecule has 26 heavy (non-hydrogen) atoms. The van der Waals surface area contributed by atoms with E-state index in [0.29, 0.717) is 37.6 Å². The standard InChI is InChI=1S/C18H14Cl3N3O2/c1-9-15(17(25)23-14-5-3-2-4-12(14)20)16(24-18(26)22-9)11-7-6-10(19)8-13(11)21/h2-8,16H,1H3,(H,23,25)(H2,22,24,26)/t16-/m1/s1. The van der Waals surface area contributed by atoms with Crippen molar-refractivity contribution in [2.24, 2.45) is 0 Å². The van der Waals surface area contributed by atoms with Gasteiger partial charge in [-0.25, -0.2) is 4.79 Å². The summed E-state index contributed by atoms with van der Waals surface area (Å²) in [5.74, 6) is -0.404. The van der Waals surface area contributed by atoms with Gasteiger partial charge in [0.2, 0.25) is 0 Å². The number of hydrogen-bond donors (Lipinski definition) is 3. The van der Waals surface area contributed by atoms with E-state index in [1.54, 1.807) is 49.4 Å². The first kappa shape index (κ1) is 18.6. The molecule has 0 radical (unpaired) electrons. The van der Waals surface area contributed by atoms with Crippen molar-refractivity contribution in [3.05, 3.63) is 74.4 Å². The molecule has 0 fully saturated rings. The van der Waals surface area contributed by atoms with Gasteiger partial charge < -0.3 is 16.0 Å². The molecule has 0 unspecified atom stereocenters. The Bertz CT molecular complexity index is 928. The number of nitrogens with one attached hydrogen (secondary N) is 3. The highest BCUT2D eigenvalue weighted by Crippen LogP contribution is 2.34. The molecule has 0 aromatic heterocycles. The Morgan fingerprint density at radius 1 is 1.08 bits per heavy atom. The lowest BCUT2D eigenvalue weighted by Crippen LogP contribution is -2.46. The molecule has 3 N–H and O–H groups in total. The van der Waals surface area contributed by atoms with Gasteiger partial charge in [0.15, 0.2) is 0 Å². The first-order valence-electron chi connectivity index (χ1n) is 7.66. The molecule has 1 atom stereocenters. The Morgan fingerprint density at radius 2 is 1.81 bits per heavy atom. The predicted molar refractivity (Wildman–Crippen MR) is 104 cm³/mol. The summed E-state index contributed by atoms with van der Waals surface area (Å²) in [6.07, 6.45) is 0. The van der Waals surface area contributed by atoms with Crippen LogP contribution in [0.2, 0.25) is 15.1 Å². The highest BCUT2D eigenvalue weighted by atomic mass is 35.5. The van der Waals surface area contributed by atoms with Crippen molar-refractivity contribution in [3.8, 4) is 0 Å². The maximum Gasteiger partial charge on any atom is 0.319 e. The van der Waals surface area contributed by atoms with Crippen molar-refractivity contribution in [2.75, 3.05) is 5.32 Å². The number of hydrogen-bond acceptors (Lipinski definition) is 2. The average molecular weight is 411 g/mol. The summed E-state index contributed by atoms with van der Waals surface area (Å²) in [5, 5.41) is 9.32. The molecule has 1 aliphatic heterocycles. The molecule has 1 heterocycles. The average Bonchev–Trinajstić information content (AvgIpc) is 2.56. The van der Waals surface area contributed by atoms with Crippen LogP contribution in [0.25, 0.3) is 0 Å². The number of urea groups is 1. The largest absolute Gasteiger partial charge is 0.327 e. The third-order valence-corrected chi connectivity index (χ3v) is 4.80. The molecular formula is C18H14Cl3N3O2. The molecule has 5 nitrogen and oxygen atoms in total. The van der Waals surface area contributed by atoms with Crippen LogP contribution in [0.15, 0.2) is 53.7 Å². The lowest BCUT2D eigenvalue weighted by atomic mass is 9.94. The van der Waals surface area contributed by atoms with Crippen LogP contribution in [0.4, 0.5) is 10.5 Å². The summed E-state index contributed by atoms with van der Waals surface area (Å²) in [6, 6.07) is 10.6. The van der Waals surface area contributed by atoms with Crippen LogP contribution >= 0.6 is 34.8 Å². The molecule has 0 bridgehead atoms. The van der Waals surface area contributed by atoms with Crippen molar-refractivity contribution in [2.45, 2.75) is 13.0 Å². The summed E-state index contributed by atoms with van der Waals surface area (Å²) in [5.41, 5.74) is 1.79. The van der Waals surface area contributed by atoms with Gasteiger partial charge in [-0.15, -0.1) is 0 Å². The molecule has 8 heteroatoms. The van der Waals surface area contributed by atoms with Gasteiger partial charge in [-0.1, -0.05) is 53.0 Å². The van der Waals surface area contributed by atoms with Gasteiger partial charge in [-0.3, -0.25) is 4.79 Å². The molecule has 2 aromatic carbocycles. The van der Waals surface area contributed by atoms with Crippen molar-refractivity contribution >= 4 is 52.4 Å². The molecule has 1 aliphatic rings. The zero-order chi connectivity index (χ0) is 18.8. The topological polar surface area (TPSA) is 70.2 Å². The second-order valence-corrected chi connectivity index (χ2v) is 6.92. The van der Waals surface area contributed by atoms with Crippen molar-refractivity contribution in [1.82, 2.24) is 10.6 Å². The lowest BCUT2D eigenvalue weighted by molar-refractivity contribution is -0.113. The first-order chi connectivity index (χ1) is 12.4. The fourth-order valence-electron chi connectivity index (χ4n) is 2.72. The predicted octanol–water partition coefficient (Wildman–Crippen LogP) is 4.91. The number of halogens is 3. The van der Waals surface area contributed by atoms with Crippen LogP contribution in [0.1, 0.15) is 18.5 Å². The first-order valence-corrected chi connectivity index (χ1v) is 8.79. The Hall–Kier alpha value is -2.21. The zero-order valence-corrected chi connectivity index (χ0v) is 15.8. The number of carbonyl (C=O) groups excluding carboxylic acids is 2. The Kier molecular flexibility index (Phi) is 5.41. The highest BCUT2D eigenvalue weighted by molar-refractivity contribution is 6.35. The van der Waals surface area contributed by atoms with Gasteiger partial charge >= 0.3 is 6.03 Å². The van der Waals surface area contributed by atoms with Crippen LogP contribution in [-0.4, -0.2) is 11.9 Å². The van der Waals surface area contributed by atoms with Crippen LogP contribution in [-0.2, 0) is 4.79 Å². The SMILES string of the molecule is CC1=C(C(=O)Nc2ccccc2Cl)[C@@H](c2ccc(Cl)cc2Cl)NC(=O)N1. The Labute approximate surface area is 165 Å². The van der Waals surface area contributed by atoms with Crippen molar-refractivity contribution in [1.29, 1.82) is 0 Å². The van der Waals surface area contributed by atoms with Crippen molar-refractivity contribution in [3.63, 3.8) is 0 Å². The van der Waals surface area contributed by atoms with Crippen LogP contribution in [0, 0.1) is 0 Å². The molecule has 0 saturated heterocycles. The summed E-state index contributed by atoms with van der Waals surface area (Å²) in [6.45, 7) is 1.65. The smallest absolute Gasteiger partial charge is 0.319 e. The zero-order valence-electron chi connectivity index (χ0n) is 13.6. The normalized spacial score (nSPS) is 16.8. The summed E-state index contributed by atoms with van der Waals surface area (Å²) >= 11 is 18.3. The number of rotatable bonds is 3. The molecule has 3 rings (SSSR count). The molecule has 0 saturated carbocycles. The van der Waals surface area contributed by atoms with Crippen molar-refractivity contribution < 1.29 is 9.59 Å². The minimum Gasteiger partial charge on any atom is -0.327 e. The maximum absolute atomic E-state index is 12.9. The summed E-state index contributed by atoms with van der Waals surface area (Å²) in [7, 11) is 0. The molecule has 3 amide bonds.